The largest absolute Gasteiger partial charge is 0.494 e. The highest BCUT2D eigenvalue weighted by atomic mass is 16.5. The topological polar surface area (TPSA) is 49.8 Å². The minimum Gasteiger partial charge on any atom is -0.494 e. The molecule has 0 aliphatic carbocycles. The number of hydrogen-bond donors (Lipinski definition) is 1. The molecule has 1 aromatic rings. The van der Waals surface area contributed by atoms with Gasteiger partial charge in [-0.05, 0) is 44.9 Å². The molecule has 19 heavy (non-hydrogen) atoms. The molecule has 1 rings (SSSR count). The van der Waals surface area contributed by atoms with Crippen LogP contribution in [-0.4, -0.2) is 41.7 Å². The molecule has 4 nitrogen and oxygen atoms in total. The molecule has 0 bridgehead atoms. The van der Waals surface area contributed by atoms with E-state index in [0.717, 1.165) is 18.7 Å². The van der Waals surface area contributed by atoms with E-state index >= 15 is 0 Å². The van der Waals surface area contributed by atoms with Crippen LogP contribution in [0.25, 0.3) is 0 Å². The fourth-order valence-corrected chi connectivity index (χ4v) is 1.86. The fraction of sp³-hybridized carbons (Fsp3) is 0.533. The molecular weight excluding hydrogens is 242 g/mol. The van der Waals surface area contributed by atoms with Gasteiger partial charge < -0.3 is 9.84 Å². The summed E-state index contributed by atoms with van der Waals surface area (Å²) in [6.45, 7) is 7.46. The fourth-order valence-electron chi connectivity index (χ4n) is 1.86. The van der Waals surface area contributed by atoms with E-state index in [-0.39, 0.29) is 12.6 Å². The molecule has 0 aliphatic rings. The molecule has 0 radical (unpaired) electrons. The second-order valence-electron chi connectivity index (χ2n) is 4.98. The minimum atomic E-state index is -0.784. The van der Waals surface area contributed by atoms with Crippen LogP contribution in [0.3, 0.4) is 0 Å². The van der Waals surface area contributed by atoms with Crippen LogP contribution < -0.4 is 4.74 Å². The van der Waals surface area contributed by atoms with Crippen LogP contribution in [0.2, 0.25) is 0 Å². The van der Waals surface area contributed by atoms with Crippen molar-refractivity contribution in [3.05, 3.63) is 29.8 Å². The number of carboxylic acid groups (broad SMARTS) is 1. The van der Waals surface area contributed by atoms with Crippen LogP contribution in [0.15, 0.2) is 24.3 Å². The minimum absolute atomic E-state index is 0.0854. The molecule has 4 heteroatoms. The standard InChI is InChI=1S/C15H23NO3/c1-12(2)16(11-15(17)18)8-5-9-19-14-7-4-6-13(3)10-14/h4,6-7,10,12H,5,8-9,11H2,1-3H3,(H,17,18). The highest BCUT2D eigenvalue weighted by Crippen LogP contribution is 2.12. The molecule has 1 aromatic carbocycles. The van der Waals surface area contributed by atoms with Crippen molar-refractivity contribution in [3.8, 4) is 5.75 Å². The average Bonchev–Trinajstić information content (AvgIpc) is 2.32. The molecule has 0 saturated heterocycles. The molecule has 0 fully saturated rings. The number of rotatable bonds is 8. The Labute approximate surface area is 115 Å². The van der Waals surface area contributed by atoms with Crippen LogP contribution in [0.1, 0.15) is 25.8 Å². The molecule has 0 amide bonds. The van der Waals surface area contributed by atoms with Crippen molar-refractivity contribution < 1.29 is 14.6 Å². The lowest BCUT2D eigenvalue weighted by Crippen LogP contribution is -2.36. The molecule has 0 atom stereocenters. The Bertz CT molecular complexity index is 404. The summed E-state index contributed by atoms with van der Waals surface area (Å²) in [5.41, 5.74) is 1.17. The van der Waals surface area contributed by atoms with Crippen molar-refractivity contribution in [2.75, 3.05) is 19.7 Å². The maximum absolute atomic E-state index is 10.7. The summed E-state index contributed by atoms with van der Waals surface area (Å²) >= 11 is 0. The molecular formula is C15H23NO3. The van der Waals surface area contributed by atoms with Crippen molar-refractivity contribution in [2.45, 2.75) is 33.2 Å². The van der Waals surface area contributed by atoms with Gasteiger partial charge in [0.05, 0.1) is 13.2 Å². The van der Waals surface area contributed by atoms with Crippen LogP contribution in [0, 0.1) is 6.92 Å². The number of carboxylic acids is 1. The number of hydrogen-bond acceptors (Lipinski definition) is 3. The highest BCUT2D eigenvalue weighted by molar-refractivity contribution is 5.69. The Morgan fingerprint density at radius 2 is 2.16 bits per heavy atom. The Morgan fingerprint density at radius 3 is 2.74 bits per heavy atom. The number of aliphatic carboxylic acids is 1. The van der Waals surface area contributed by atoms with Gasteiger partial charge in [0, 0.05) is 12.6 Å². The molecule has 0 unspecified atom stereocenters. The molecule has 0 heterocycles. The third-order valence-corrected chi connectivity index (χ3v) is 2.92. The van der Waals surface area contributed by atoms with Gasteiger partial charge in [-0.25, -0.2) is 0 Å². The first kappa shape index (κ1) is 15.5. The van der Waals surface area contributed by atoms with Gasteiger partial charge in [-0.1, -0.05) is 12.1 Å². The summed E-state index contributed by atoms with van der Waals surface area (Å²) in [6.07, 6.45) is 0.819. The average molecular weight is 265 g/mol. The number of carbonyl (C=O) groups is 1. The van der Waals surface area contributed by atoms with Crippen LogP contribution in [0.4, 0.5) is 0 Å². The first-order valence-electron chi connectivity index (χ1n) is 6.64. The zero-order valence-electron chi connectivity index (χ0n) is 11.9. The van der Waals surface area contributed by atoms with Crippen molar-refractivity contribution in [1.29, 1.82) is 0 Å². The number of ether oxygens (including phenoxy) is 1. The van der Waals surface area contributed by atoms with E-state index in [1.165, 1.54) is 5.56 Å². The summed E-state index contributed by atoms with van der Waals surface area (Å²) in [6, 6.07) is 8.16. The van der Waals surface area contributed by atoms with E-state index in [1.54, 1.807) is 0 Å². The SMILES string of the molecule is Cc1cccc(OCCCN(CC(=O)O)C(C)C)c1. The van der Waals surface area contributed by atoms with Crippen molar-refractivity contribution in [1.82, 2.24) is 4.90 Å². The lowest BCUT2D eigenvalue weighted by Gasteiger charge is -2.24. The van der Waals surface area contributed by atoms with Gasteiger partial charge in [-0.2, -0.15) is 0 Å². The van der Waals surface area contributed by atoms with Gasteiger partial charge in [0.25, 0.3) is 0 Å². The van der Waals surface area contributed by atoms with E-state index in [1.807, 2.05) is 49.9 Å². The van der Waals surface area contributed by atoms with Gasteiger partial charge in [-0.15, -0.1) is 0 Å². The molecule has 1 N–H and O–H groups in total. The summed E-state index contributed by atoms with van der Waals surface area (Å²) in [5.74, 6) is 0.0858. The van der Waals surface area contributed by atoms with E-state index in [9.17, 15) is 4.79 Å². The van der Waals surface area contributed by atoms with E-state index in [0.29, 0.717) is 6.61 Å². The zero-order valence-corrected chi connectivity index (χ0v) is 11.9. The van der Waals surface area contributed by atoms with Gasteiger partial charge in [0.2, 0.25) is 0 Å². The Morgan fingerprint density at radius 1 is 1.42 bits per heavy atom. The first-order chi connectivity index (χ1) is 8.99. The lowest BCUT2D eigenvalue weighted by atomic mass is 10.2. The van der Waals surface area contributed by atoms with Crippen LogP contribution >= 0.6 is 0 Å². The summed E-state index contributed by atoms with van der Waals surface area (Å²) < 4.78 is 5.65. The molecule has 0 spiro atoms. The highest BCUT2D eigenvalue weighted by Gasteiger charge is 2.12. The number of benzene rings is 1. The van der Waals surface area contributed by atoms with E-state index in [2.05, 4.69) is 0 Å². The van der Waals surface area contributed by atoms with Crippen LogP contribution in [0.5, 0.6) is 5.75 Å². The Kier molecular flexibility index (Phi) is 6.36. The van der Waals surface area contributed by atoms with Gasteiger partial charge in [-0.3, -0.25) is 9.69 Å². The lowest BCUT2D eigenvalue weighted by molar-refractivity contribution is -0.138. The van der Waals surface area contributed by atoms with Crippen molar-refractivity contribution in [3.63, 3.8) is 0 Å². The first-order valence-corrected chi connectivity index (χ1v) is 6.64. The maximum Gasteiger partial charge on any atom is 0.317 e. The van der Waals surface area contributed by atoms with E-state index in [4.69, 9.17) is 9.84 Å². The summed E-state index contributed by atoms with van der Waals surface area (Å²) in [4.78, 5) is 12.7. The molecule has 106 valence electrons. The van der Waals surface area contributed by atoms with Crippen molar-refractivity contribution in [2.24, 2.45) is 0 Å². The second kappa shape index (κ2) is 7.79. The van der Waals surface area contributed by atoms with Gasteiger partial charge in [0.15, 0.2) is 0 Å². The zero-order chi connectivity index (χ0) is 14.3. The Hall–Kier alpha value is -1.55. The quantitative estimate of drug-likeness (QED) is 0.734. The molecule has 0 aliphatic heterocycles. The van der Waals surface area contributed by atoms with Crippen molar-refractivity contribution >= 4 is 5.97 Å². The van der Waals surface area contributed by atoms with Gasteiger partial charge in [0.1, 0.15) is 5.75 Å². The third-order valence-electron chi connectivity index (χ3n) is 2.92. The number of aryl methyl sites for hydroxylation is 1. The third kappa shape index (κ3) is 6.25. The predicted molar refractivity (Wildman–Crippen MR) is 75.6 cm³/mol. The molecule has 0 saturated carbocycles. The predicted octanol–water partition coefficient (Wildman–Crippen LogP) is 2.56. The maximum atomic E-state index is 10.7. The summed E-state index contributed by atoms with van der Waals surface area (Å²) in [7, 11) is 0. The second-order valence-corrected chi connectivity index (χ2v) is 4.98. The molecule has 0 aromatic heterocycles. The smallest absolute Gasteiger partial charge is 0.317 e. The van der Waals surface area contributed by atoms with Gasteiger partial charge >= 0.3 is 5.97 Å². The monoisotopic (exact) mass is 265 g/mol. The van der Waals surface area contributed by atoms with E-state index < -0.39 is 5.97 Å². The Balaban J connectivity index is 2.30. The summed E-state index contributed by atoms with van der Waals surface area (Å²) in [5, 5.41) is 8.82. The number of nitrogens with zero attached hydrogens (tertiary/aromatic N) is 1. The van der Waals surface area contributed by atoms with Crippen LogP contribution in [-0.2, 0) is 4.79 Å². The normalized spacial score (nSPS) is 11.0.